The fourth-order valence-electron chi connectivity index (χ4n) is 10.5. The molecule has 0 aliphatic carbocycles. The van der Waals surface area contributed by atoms with Gasteiger partial charge in [-0.15, -0.1) is 0 Å². The van der Waals surface area contributed by atoms with Gasteiger partial charge in [0.15, 0.2) is 0 Å². The van der Waals surface area contributed by atoms with Gasteiger partial charge in [-0.05, 0) is 171 Å². The van der Waals surface area contributed by atoms with E-state index in [2.05, 4.69) is 30.3 Å². The highest BCUT2D eigenvalue weighted by molar-refractivity contribution is 6.14. The SMILES string of the molecule is N#Cc1cccc(-c2ccc3c(c2)c2cc(-c4cccc(C#N)c4)ccc2n3-c2cc(C(F)(F)F)c(-n3c4ccc(-c5cccc(C#N)c5)cc4c4cc(-c5cccc(C#N)c5)ccc43)cc2-c2cccc(C#N)c2)c1. The van der Waals surface area contributed by atoms with Crippen molar-refractivity contribution in [3.8, 4) is 97.4 Å². The third kappa shape index (κ3) is 7.92. The molecule has 0 radical (unpaired) electrons. The number of alkyl halides is 3. The fraction of sp³-hybridized carbons (Fsp3) is 0.0152. The molecule has 0 saturated carbocycles. The largest absolute Gasteiger partial charge is 0.418 e. The van der Waals surface area contributed by atoms with Crippen LogP contribution in [-0.4, -0.2) is 9.13 Å². The van der Waals surface area contributed by atoms with Gasteiger partial charge < -0.3 is 9.13 Å². The lowest BCUT2D eigenvalue weighted by Gasteiger charge is -2.22. The Labute approximate surface area is 433 Å². The molecule has 12 aromatic rings. The highest BCUT2D eigenvalue weighted by atomic mass is 19.4. The number of aromatic nitrogens is 2. The van der Waals surface area contributed by atoms with Crippen molar-refractivity contribution in [3.63, 3.8) is 0 Å². The van der Waals surface area contributed by atoms with Crippen molar-refractivity contribution >= 4 is 43.6 Å². The van der Waals surface area contributed by atoms with Crippen LogP contribution in [0.4, 0.5) is 13.2 Å². The van der Waals surface area contributed by atoms with Crippen LogP contribution in [0.15, 0.2) is 206 Å². The van der Waals surface area contributed by atoms with E-state index in [9.17, 15) is 26.3 Å². The van der Waals surface area contributed by atoms with E-state index >= 15 is 13.2 Å². The van der Waals surface area contributed by atoms with Crippen LogP contribution in [0.5, 0.6) is 0 Å². The van der Waals surface area contributed by atoms with Gasteiger partial charge >= 0.3 is 6.18 Å². The second-order valence-electron chi connectivity index (χ2n) is 18.4. The van der Waals surface area contributed by atoms with Gasteiger partial charge in [0.2, 0.25) is 0 Å². The molecule has 2 aromatic heterocycles. The van der Waals surface area contributed by atoms with E-state index in [4.69, 9.17) is 0 Å². The standard InChI is InChI=1S/C66H34F3N7/c67-66(68,69)59-34-64(75-60-20-16-49(45-11-1-6-40(24-45)35-70)29-55(60)56-30-50(17-21-61(56)75)46-12-2-7-41(25-46)36-71)54(53-15-5-10-44(28-53)39-74)33-65(59)76-62-22-18-51(47-13-3-8-42(26-47)37-72)31-57(62)58-32-52(19-23-63(58)76)48-14-4-9-43(27-48)38-73/h1-34H. The molecule has 12 rings (SSSR count). The lowest BCUT2D eigenvalue weighted by atomic mass is 9.97. The Morgan fingerprint density at radius 3 is 0.868 bits per heavy atom. The summed E-state index contributed by atoms with van der Waals surface area (Å²) >= 11 is 0. The van der Waals surface area contributed by atoms with E-state index in [1.54, 1.807) is 95.6 Å². The average molecular weight is 982 g/mol. The molecule has 0 fully saturated rings. The zero-order valence-electron chi connectivity index (χ0n) is 39.9. The van der Waals surface area contributed by atoms with E-state index in [0.29, 0.717) is 71.8 Å². The van der Waals surface area contributed by atoms with Crippen molar-refractivity contribution in [2.45, 2.75) is 6.18 Å². The summed E-state index contributed by atoms with van der Waals surface area (Å²) in [4.78, 5) is 0. The molecular formula is C66H34F3N7. The van der Waals surface area contributed by atoms with Gasteiger partial charge in [-0.25, -0.2) is 0 Å². The summed E-state index contributed by atoms with van der Waals surface area (Å²) in [5, 5.41) is 52.2. The van der Waals surface area contributed by atoms with Gasteiger partial charge in [0, 0.05) is 27.1 Å². The molecule has 0 amide bonds. The topological polar surface area (TPSA) is 129 Å². The Morgan fingerprint density at radius 2 is 0.566 bits per heavy atom. The van der Waals surface area contributed by atoms with Crippen LogP contribution in [0.2, 0.25) is 0 Å². The minimum absolute atomic E-state index is 0.146. The van der Waals surface area contributed by atoms with Crippen molar-refractivity contribution in [1.82, 2.24) is 9.13 Å². The third-order valence-electron chi connectivity index (χ3n) is 14.0. The first-order valence-corrected chi connectivity index (χ1v) is 24.0. The Morgan fingerprint density at radius 1 is 0.289 bits per heavy atom. The summed E-state index contributed by atoms with van der Waals surface area (Å²) in [6.45, 7) is 0. The summed E-state index contributed by atoms with van der Waals surface area (Å²) in [7, 11) is 0. The number of hydrogen-bond acceptors (Lipinski definition) is 5. The predicted molar refractivity (Wildman–Crippen MR) is 291 cm³/mol. The molecule has 0 spiro atoms. The van der Waals surface area contributed by atoms with Crippen LogP contribution in [0.1, 0.15) is 33.4 Å². The van der Waals surface area contributed by atoms with Gasteiger partial charge in [0.25, 0.3) is 0 Å². The molecule has 0 aliphatic heterocycles. The van der Waals surface area contributed by atoms with Crippen LogP contribution in [0.25, 0.3) is 111 Å². The molecule has 0 N–H and O–H groups in total. The average Bonchev–Trinajstić information content (AvgIpc) is 4.14. The van der Waals surface area contributed by atoms with Gasteiger partial charge in [0.05, 0.1) is 97.2 Å². The van der Waals surface area contributed by atoms with Gasteiger partial charge in [-0.1, -0.05) is 84.9 Å². The van der Waals surface area contributed by atoms with Crippen LogP contribution < -0.4 is 0 Å². The maximum atomic E-state index is 16.5. The van der Waals surface area contributed by atoms with Gasteiger partial charge in [0.1, 0.15) is 0 Å². The zero-order chi connectivity index (χ0) is 52.2. The molecule has 0 unspecified atom stereocenters. The highest BCUT2D eigenvalue weighted by Crippen LogP contribution is 2.47. The molecule has 7 nitrogen and oxygen atoms in total. The Balaban J connectivity index is 1.18. The van der Waals surface area contributed by atoms with Crippen molar-refractivity contribution in [1.29, 1.82) is 26.3 Å². The number of nitrogens with zero attached hydrogens (tertiary/aromatic N) is 7. The van der Waals surface area contributed by atoms with E-state index in [0.717, 1.165) is 55.3 Å². The van der Waals surface area contributed by atoms with Crippen LogP contribution >= 0.6 is 0 Å². The minimum Gasteiger partial charge on any atom is -0.309 e. The normalized spacial score (nSPS) is 11.3. The van der Waals surface area contributed by atoms with Crippen LogP contribution in [0.3, 0.4) is 0 Å². The molecular weight excluding hydrogens is 948 g/mol. The summed E-state index contributed by atoms with van der Waals surface area (Å²) in [5.41, 5.74) is 10.7. The predicted octanol–water partition coefficient (Wildman–Crippen LogP) is 16.6. The van der Waals surface area contributed by atoms with E-state index in [-0.39, 0.29) is 11.4 Å². The number of rotatable bonds is 7. The number of nitriles is 5. The summed E-state index contributed by atoms with van der Waals surface area (Å²) < 4.78 is 53.0. The summed E-state index contributed by atoms with van der Waals surface area (Å²) in [5.74, 6) is 0. The molecule has 10 heteroatoms. The molecule has 0 bridgehead atoms. The molecule has 0 aliphatic rings. The quantitative estimate of drug-likeness (QED) is 0.157. The molecule has 2 heterocycles. The summed E-state index contributed by atoms with van der Waals surface area (Å²) in [6, 6.07) is 72.2. The smallest absolute Gasteiger partial charge is 0.309 e. The molecule has 10 aromatic carbocycles. The highest BCUT2D eigenvalue weighted by Gasteiger charge is 2.37. The lowest BCUT2D eigenvalue weighted by Crippen LogP contribution is -2.13. The van der Waals surface area contributed by atoms with Crippen LogP contribution in [0, 0.1) is 56.7 Å². The van der Waals surface area contributed by atoms with Crippen molar-refractivity contribution in [2.75, 3.05) is 0 Å². The minimum atomic E-state index is -4.91. The van der Waals surface area contributed by atoms with Gasteiger partial charge in [-0.2, -0.15) is 39.5 Å². The van der Waals surface area contributed by atoms with E-state index in [1.807, 2.05) is 114 Å². The molecule has 76 heavy (non-hydrogen) atoms. The first-order valence-electron chi connectivity index (χ1n) is 24.0. The Bertz CT molecular complexity index is 4420. The lowest BCUT2D eigenvalue weighted by molar-refractivity contribution is -0.137. The second kappa shape index (κ2) is 18.3. The zero-order valence-corrected chi connectivity index (χ0v) is 39.9. The molecule has 0 atom stereocenters. The van der Waals surface area contributed by atoms with Crippen molar-refractivity contribution < 1.29 is 13.2 Å². The maximum absolute atomic E-state index is 16.5. The monoisotopic (exact) mass is 981 g/mol. The van der Waals surface area contributed by atoms with Crippen LogP contribution in [-0.2, 0) is 6.18 Å². The third-order valence-corrected chi connectivity index (χ3v) is 14.0. The van der Waals surface area contributed by atoms with E-state index in [1.165, 1.54) is 6.07 Å². The number of fused-ring (bicyclic) bond motifs is 6. The Kier molecular flexibility index (Phi) is 11.1. The van der Waals surface area contributed by atoms with Crippen molar-refractivity contribution in [2.24, 2.45) is 0 Å². The summed E-state index contributed by atoms with van der Waals surface area (Å²) in [6.07, 6.45) is -4.91. The Hall–Kier alpha value is -11.0. The second-order valence-corrected chi connectivity index (χ2v) is 18.4. The number of benzene rings is 10. The number of hydrogen-bond donors (Lipinski definition) is 0. The fourth-order valence-corrected chi connectivity index (χ4v) is 10.5. The first-order chi connectivity index (χ1) is 37.0. The maximum Gasteiger partial charge on any atom is 0.418 e. The van der Waals surface area contributed by atoms with E-state index < -0.39 is 11.7 Å². The van der Waals surface area contributed by atoms with Gasteiger partial charge in [-0.3, -0.25) is 0 Å². The van der Waals surface area contributed by atoms with Crippen molar-refractivity contribution in [3.05, 3.63) is 240 Å². The first kappa shape index (κ1) is 46.1. The number of halogens is 3. The molecule has 354 valence electrons. The molecule has 0 saturated heterocycles.